The summed E-state index contributed by atoms with van der Waals surface area (Å²) in [6.07, 6.45) is 1.13. The van der Waals surface area contributed by atoms with Gasteiger partial charge in [-0.3, -0.25) is 4.99 Å². The number of hydrogen-bond donors (Lipinski definition) is 2. The Morgan fingerprint density at radius 2 is 2.15 bits per heavy atom. The van der Waals surface area contributed by atoms with Gasteiger partial charge >= 0.3 is 0 Å². The van der Waals surface area contributed by atoms with Crippen LogP contribution in [0.3, 0.4) is 0 Å². The van der Waals surface area contributed by atoms with Gasteiger partial charge in [0.2, 0.25) is 0 Å². The van der Waals surface area contributed by atoms with Gasteiger partial charge in [0.15, 0.2) is 5.96 Å². The van der Waals surface area contributed by atoms with Crippen molar-refractivity contribution in [3.05, 3.63) is 35.9 Å². The number of nitrogens with one attached hydrogen (secondary N) is 2. The topological polar surface area (TPSA) is 45.7 Å². The monoisotopic (exact) mass is 389 g/mol. The van der Waals surface area contributed by atoms with Crippen LogP contribution in [0, 0.1) is 5.92 Å². The average molecular weight is 389 g/mol. The van der Waals surface area contributed by atoms with Crippen molar-refractivity contribution in [3.8, 4) is 0 Å². The lowest BCUT2D eigenvalue weighted by Crippen LogP contribution is -2.42. The third-order valence-electron chi connectivity index (χ3n) is 3.03. The first kappa shape index (κ1) is 17.2. The van der Waals surface area contributed by atoms with Gasteiger partial charge in [-0.15, -0.1) is 24.0 Å². The molecule has 1 unspecified atom stereocenters. The maximum absolute atomic E-state index is 5.72. The predicted molar refractivity (Wildman–Crippen MR) is 93.6 cm³/mol. The maximum atomic E-state index is 5.72. The molecule has 1 aliphatic heterocycles. The van der Waals surface area contributed by atoms with Crippen LogP contribution >= 0.6 is 24.0 Å². The van der Waals surface area contributed by atoms with E-state index in [0.29, 0.717) is 12.5 Å². The molecule has 0 radical (unpaired) electrons. The quantitative estimate of drug-likeness (QED) is 0.735. The summed E-state index contributed by atoms with van der Waals surface area (Å²) >= 11 is 0. The Kier molecular flexibility index (Phi) is 8.60. The van der Waals surface area contributed by atoms with Crippen molar-refractivity contribution in [1.82, 2.24) is 10.6 Å². The summed E-state index contributed by atoms with van der Waals surface area (Å²) < 4.78 is 5.72. The highest BCUT2D eigenvalue weighted by Gasteiger charge is 2.06. The molecule has 0 aromatic heterocycles. The third-order valence-corrected chi connectivity index (χ3v) is 3.03. The molecule has 1 aromatic carbocycles. The van der Waals surface area contributed by atoms with Gasteiger partial charge < -0.3 is 15.4 Å². The molecule has 2 rings (SSSR count). The van der Waals surface area contributed by atoms with E-state index in [0.717, 1.165) is 38.6 Å². The molecule has 5 heteroatoms. The number of guanidine groups is 1. The van der Waals surface area contributed by atoms with Crippen molar-refractivity contribution >= 4 is 29.9 Å². The van der Waals surface area contributed by atoms with Gasteiger partial charge in [0.1, 0.15) is 0 Å². The van der Waals surface area contributed by atoms with Crippen LogP contribution in [0.5, 0.6) is 0 Å². The fourth-order valence-electron chi connectivity index (χ4n) is 1.93. The molecule has 0 spiro atoms. The van der Waals surface area contributed by atoms with E-state index in [2.05, 4.69) is 34.7 Å². The largest absolute Gasteiger partial charge is 0.376 e. The minimum absolute atomic E-state index is 0. The lowest BCUT2D eigenvalue weighted by molar-refractivity contribution is 0.0931. The van der Waals surface area contributed by atoms with Crippen molar-refractivity contribution in [2.75, 3.05) is 26.2 Å². The standard InChI is InChI=1S/C15H23N3O.HI/c1-13(10-18-15-16-8-5-9-17-15)11-19-12-14-6-3-2-4-7-14;/h2-4,6-7,13H,5,8-12H2,1H3,(H2,16,17,18);1H. The Morgan fingerprint density at radius 3 is 2.85 bits per heavy atom. The van der Waals surface area contributed by atoms with Crippen molar-refractivity contribution < 1.29 is 4.74 Å². The van der Waals surface area contributed by atoms with Crippen LogP contribution in [0.1, 0.15) is 18.9 Å². The molecule has 0 aliphatic carbocycles. The summed E-state index contributed by atoms with van der Waals surface area (Å²) in [6, 6.07) is 10.3. The SMILES string of the molecule is CC(CNC1=NCCCN1)COCc1ccccc1.I. The lowest BCUT2D eigenvalue weighted by atomic mass is 10.2. The van der Waals surface area contributed by atoms with E-state index in [1.165, 1.54) is 5.56 Å². The molecule has 4 nitrogen and oxygen atoms in total. The molecule has 1 heterocycles. The third kappa shape index (κ3) is 6.56. The first-order valence-electron chi connectivity index (χ1n) is 6.98. The fraction of sp³-hybridized carbons (Fsp3) is 0.533. The predicted octanol–water partition coefficient (Wildman–Crippen LogP) is 2.40. The molecule has 0 saturated carbocycles. The average Bonchev–Trinajstić information content (AvgIpc) is 2.47. The van der Waals surface area contributed by atoms with Crippen LogP contribution in [0.15, 0.2) is 35.3 Å². The number of rotatable bonds is 6. The zero-order valence-electron chi connectivity index (χ0n) is 12.0. The Balaban J connectivity index is 0.00000200. The Labute approximate surface area is 138 Å². The summed E-state index contributed by atoms with van der Waals surface area (Å²) in [5.74, 6) is 1.40. The number of benzene rings is 1. The van der Waals surface area contributed by atoms with Crippen LogP contribution in [0.4, 0.5) is 0 Å². The van der Waals surface area contributed by atoms with E-state index >= 15 is 0 Å². The van der Waals surface area contributed by atoms with Crippen molar-refractivity contribution in [3.63, 3.8) is 0 Å². The van der Waals surface area contributed by atoms with Gasteiger partial charge in [-0.25, -0.2) is 0 Å². The van der Waals surface area contributed by atoms with E-state index in [1.807, 2.05) is 18.2 Å². The smallest absolute Gasteiger partial charge is 0.191 e. The second-order valence-corrected chi connectivity index (χ2v) is 5.00. The van der Waals surface area contributed by atoms with Crippen molar-refractivity contribution in [1.29, 1.82) is 0 Å². The van der Waals surface area contributed by atoms with E-state index in [4.69, 9.17) is 4.74 Å². The minimum Gasteiger partial charge on any atom is -0.376 e. The first-order chi connectivity index (χ1) is 9.34. The molecular formula is C15H24IN3O. The van der Waals surface area contributed by atoms with Crippen molar-refractivity contribution in [2.24, 2.45) is 10.9 Å². The summed E-state index contributed by atoms with van der Waals surface area (Å²) in [4.78, 5) is 4.38. The molecule has 0 amide bonds. The van der Waals surface area contributed by atoms with Gasteiger partial charge in [-0.1, -0.05) is 37.3 Å². The highest BCUT2D eigenvalue weighted by Crippen LogP contribution is 2.02. The Bertz CT molecular complexity index is 397. The first-order valence-corrected chi connectivity index (χ1v) is 6.98. The summed E-state index contributed by atoms with van der Waals surface area (Å²) in [5, 5.41) is 6.58. The normalized spacial score (nSPS) is 15.6. The van der Waals surface area contributed by atoms with Crippen LogP contribution in [-0.4, -0.2) is 32.2 Å². The summed E-state index contributed by atoms with van der Waals surface area (Å²) in [5.41, 5.74) is 1.22. The molecule has 1 aliphatic rings. The lowest BCUT2D eigenvalue weighted by Gasteiger charge is -2.18. The molecule has 0 bridgehead atoms. The van der Waals surface area contributed by atoms with Gasteiger partial charge in [0, 0.05) is 19.6 Å². The molecule has 2 N–H and O–H groups in total. The minimum atomic E-state index is 0. The van der Waals surface area contributed by atoms with E-state index in [9.17, 15) is 0 Å². The van der Waals surface area contributed by atoms with Crippen LogP contribution < -0.4 is 10.6 Å². The fourth-order valence-corrected chi connectivity index (χ4v) is 1.93. The maximum Gasteiger partial charge on any atom is 0.191 e. The summed E-state index contributed by atoms with van der Waals surface area (Å²) in [7, 11) is 0. The van der Waals surface area contributed by atoms with Crippen LogP contribution in [0.25, 0.3) is 0 Å². The number of ether oxygens (including phenoxy) is 1. The molecule has 1 atom stereocenters. The Hall–Kier alpha value is -0.820. The van der Waals surface area contributed by atoms with E-state index in [-0.39, 0.29) is 24.0 Å². The zero-order valence-corrected chi connectivity index (χ0v) is 14.3. The zero-order chi connectivity index (χ0) is 13.3. The van der Waals surface area contributed by atoms with Crippen molar-refractivity contribution in [2.45, 2.75) is 20.0 Å². The summed E-state index contributed by atoms with van der Waals surface area (Å²) in [6.45, 7) is 6.46. The van der Waals surface area contributed by atoms with Gasteiger partial charge in [-0.05, 0) is 17.9 Å². The van der Waals surface area contributed by atoms with Crippen LogP contribution in [-0.2, 0) is 11.3 Å². The van der Waals surface area contributed by atoms with Gasteiger partial charge in [-0.2, -0.15) is 0 Å². The molecule has 0 fully saturated rings. The van der Waals surface area contributed by atoms with E-state index < -0.39 is 0 Å². The Morgan fingerprint density at radius 1 is 1.35 bits per heavy atom. The van der Waals surface area contributed by atoms with Gasteiger partial charge in [0.05, 0.1) is 13.2 Å². The number of hydrogen-bond acceptors (Lipinski definition) is 4. The van der Waals surface area contributed by atoms with Gasteiger partial charge in [0.25, 0.3) is 0 Å². The number of nitrogens with zero attached hydrogens (tertiary/aromatic N) is 1. The number of halogens is 1. The second kappa shape index (κ2) is 9.99. The molecule has 0 saturated heterocycles. The molecular weight excluding hydrogens is 365 g/mol. The highest BCUT2D eigenvalue weighted by molar-refractivity contribution is 14.0. The number of aliphatic imine (C=N–C) groups is 1. The molecule has 112 valence electrons. The molecule has 1 aromatic rings. The highest BCUT2D eigenvalue weighted by atomic mass is 127. The molecule has 20 heavy (non-hydrogen) atoms. The van der Waals surface area contributed by atoms with E-state index in [1.54, 1.807) is 0 Å². The second-order valence-electron chi connectivity index (χ2n) is 5.00. The van der Waals surface area contributed by atoms with Crippen LogP contribution in [0.2, 0.25) is 0 Å².